The van der Waals surface area contributed by atoms with Gasteiger partial charge in [0.15, 0.2) is 0 Å². The average Bonchev–Trinajstić information content (AvgIpc) is 2.05. The number of nitrogens with zero attached hydrogens (tertiary/aromatic N) is 1. The molecule has 0 amide bonds. The van der Waals surface area contributed by atoms with E-state index in [-0.39, 0.29) is 5.82 Å². The summed E-state index contributed by atoms with van der Waals surface area (Å²) in [5.74, 6) is -0.267. The Hall–Kier alpha value is -0.740. The fourth-order valence-corrected chi connectivity index (χ4v) is 1.72. The van der Waals surface area contributed by atoms with Crippen LogP contribution in [-0.4, -0.2) is 5.29 Å². The van der Waals surface area contributed by atoms with Crippen molar-refractivity contribution in [2.45, 2.75) is 4.90 Å². The molecular formula is C7H4ClFN2S. The van der Waals surface area contributed by atoms with Gasteiger partial charge in [0.1, 0.15) is 5.82 Å². The molecule has 1 aromatic rings. The lowest BCUT2D eigenvalue weighted by Gasteiger charge is -2.11. The highest BCUT2D eigenvalue weighted by Gasteiger charge is 2.10. The molecule has 12 heavy (non-hydrogen) atoms. The van der Waals surface area contributed by atoms with Gasteiger partial charge in [-0.2, -0.15) is 0 Å². The molecular weight excluding hydrogens is 199 g/mol. The highest BCUT2D eigenvalue weighted by molar-refractivity contribution is 7.98. The molecule has 0 saturated heterocycles. The summed E-state index contributed by atoms with van der Waals surface area (Å²) in [7, 11) is 0. The van der Waals surface area contributed by atoms with Crippen LogP contribution in [0.1, 0.15) is 0 Å². The molecule has 0 radical (unpaired) electrons. The predicted molar refractivity (Wildman–Crippen MR) is 48.3 cm³/mol. The van der Waals surface area contributed by atoms with Crippen molar-refractivity contribution in [3.8, 4) is 0 Å². The first-order valence-electron chi connectivity index (χ1n) is 3.22. The second kappa shape index (κ2) is 2.95. The standard InChI is InChI=1S/C7H4ClFN2S/c8-7-10-5-2-1-4(9)3-6(5)12-11-7/h1-3H,(H,10,11). The van der Waals surface area contributed by atoms with E-state index < -0.39 is 0 Å². The Morgan fingerprint density at radius 3 is 3.17 bits per heavy atom. The highest BCUT2D eigenvalue weighted by atomic mass is 35.5. The zero-order valence-electron chi connectivity index (χ0n) is 5.84. The third-order valence-electron chi connectivity index (χ3n) is 1.39. The van der Waals surface area contributed by atoms with Crippen LogP contribution in [-0.2, 0) is 0 Å². The molecule has 0 unspecified atom stereocenters. The molecule has 1 aliphatic heterocycles. The molecule has 0 saturated carbocycles. The number of hydrogen-bond acceptors (Lipinski definition) is 3. The van der Waals surface area contributed by atoms with Gasteiger partial charge in [-0.3, -0.25) is 0 Å². The topological polar surface area (TPSA) is 24.4 Å². The molecule has 1 aliphatic rings. The number of fused-ring (bicyclic) bond motifs is 1. The summed E-state index contributed by atoms with van der Waals surface area (Å²) in [5.41, 5.74) is 0.699. The molecule has 0 aromatic heterocycles. The summed E-state index contributed by atoms with van der Waals surface area (Å²) in [6.45, 7) is 0. The van der Waals surface area contributed by atoms with Gasteiger partial charge in [0.25, 0.3) is 0 Å². The van der Waals surface area contributed by atoms with Crippen LogP contribution in [0.15, 0.2) is 28.1 Å². The SMILES string of the molecule is Fc1ccc2c(c1)SNC(Cl)=N2. The maximum Gasteiger partial charge on any atom is 0.206 e. The van der Waals surface area contributed by atoms with E-state index in [2.05, 4.69) is 9.71 Å². The second-order valence-electron chi connectivity index (χ2n) is 2.22. The quantitative estimate of drug-likeness (QED) is 0.517. The van der Waals surface area contributed by atoms with Gasteiger partial charge in [0, 0.05) is 0 Å². The van der Waals surface area contributed by atoms with Crippen LogP contribution in [0.5, 0.6) is 0 Å². The van der Waals surface area contributed by atoms with E-state index in [1.807, 2.05) is 0 Å². The lowest BCUT2D eigenvalue weighted by atomic mass is 10.3. The molecule has 0 atom stereocenters. The van der Waals surface area contributed by atoms with Gasteiger partial charge in [-0.1, -0.05) is 0 Å². The van der Waals surface area contributed by atoms with Gasteiger partial charge in [0.2, 0.25) is 5.29 Å². The Bertz CT molecular complexity index is 353. The molecule has 1 heterocycles. The fraction of sp³-hybridized carbons (Fsp3) is 0. The molecule has 0 bridgehead atoms. The third kappa shape index (κ3) is 1.40. The van der Waals surface area contributed by atoms with Crippen molar-refractivity contribution >= 4 is 34.5 Å². The molecule has 0 spiro atoms. The monoisotopic (exact) mass is 202 g/mol. The Kier molecular flexibility index (Phi) is 1.94. The van der Waals surface area contributed by atoms with E-state index in [9.17, 15) is 4.39 Å². The lowest BCUT2D eigenvalue weighted by Crippen LogP contribution is -2.11. The van der Waals surface area contributed by atoms with Crippen LogP contribution in [0.4, 0.5) is 10.1 Å². The van der Waals surface area contributed by atoms with Crippen molar-refractivity contribution in [3.63, 3.8) is 0 Å². The van der Waals surface area contributed by atoms with Crippen LogP contribution in [0.2, 0.25) is 0 Å². The molecule has 0 aliphatic carbocycles. The zero-order chi connectivity index (χ0) is 8.55. The summed E-state index contributed by atoms with van der Waals surface area (Å²) in [6.07, 6.45) is 0. The number of halogens is 2. The normalized spacial score (nSPS) is 14.7. The van der Waals surface area contributed by atoms with Gasteiger partial charge < -0.3 is 4.72 Å². The number of amidine groups is 1. The molecule has 1 N–H and O–H groups in total. The largest absolute Gasteiger partial charge is 0.300 e. The molecule has 2 rings (SSSR count). The molecule has 62 valence electrons. The first-order chi connectivity index (χ1) is 5.75. The van der Waals surface area contributed by atoms with Gasteiger partial charge in [-0.25, -0.2) is 9.38 Å². The summed E-state index contributed by atoms with van der Waals surface area (Å²) < 4.78 is 15.4. The smallest absolute Gasteiger partial charge is 0.206 e. The van der Waals surface area contributed by atoms with Gasteiger partial charge in [-0.05, 0) is 41.7 Å². The van der Waals surface area contributed by atoms with Crippen LogP contribution in [0.25, 0.3) is 0 Å². The summed E-state index contributed by atoms with van der Waals surface area (Å²) in [5, 5.41) is 0.319. The van der Waals surface area contributed by atoms with Crippen LogP contribution < -0.4 is 4.72 Å². The van der Waals surface area contributed by atoms with Crippen molar-refractivity contribution in [1.29, 1.82) is 0 Å². The van der Waals surface area contributed by atoms with E-state index in [1.165, 1.54) is 24.1 Å². The number of aliphatic imine (C=N–C) groups is 1. The Morgan fingerprint density at radius 2 is 2.33 bits per heavy atom. The van der Waals surface area contributed by atoms with Crippen molar-refractivity contribution in [2.75, 3.05) is 0 Å². The number of nitrogens with one attached hydrogen (secondary N) is 1. The minimum atomic E-state index is -0.267. The Balaban J connectivity index is 2.51. The summed E-state index contributed by atoms with van der Waals surface area (Å²) in [6, 6.07) is 4.37. The number of hydrogen-bond donors (Lipinski definition) is 1. The summed E-state index contributed by atoms with van der Waals surface area (Å²) in [4.78, 5) is 4.72. The van der Waals surface area contributed by atoms with Crippen molar-refractivity contribution in [2.24, 2.45) is 4.99 Å². The highest BCUT2D eigenvalue weighted by Crippen LogP contribution is 2.32. The van der Waals surface area contributed by atoms with Crippen LogP contribution in [0, 0.1) is 5.82 Å². The number of rotatable bonds is 0. The van der Waals surface area contributed by atoms with Gasteiger partial charge >= 0.3 is 0 Å². The van der Waals surface area contributed by atoms with E-state index in [4.69, 9.17) is 11.6 Å². The predicted octanol–water partition coefficient (Wildman–Crippen LogP) is 2.66. The van der Waals surface area contributed by atoms with Crippen molar-refractivity contribution < 1.29 is 4.39 Å². The molecule has 1 aromatic carbocycles. The summed E-state index contributed by atoms with van der Waals surface area (Å²) >= 11 is 6.87. The van der Waals surface area contributed by atoms with Crippen molar-refractivity contribution in [3.05, 3.63) is 24.0 Å². The maximum atomic E-state index is 12.7. The lowest BCUT2D eigenvalue weighted by molar-refractivity contribution is 0.624. The zero-order valence-corrected chi connectivity index (χ0v) is 7.42. The number of benzene rings is 1. The van der Waals surface area contributed by atoms with E-state index in [1.54, 1.807) is 6.07 Å². The van der Waals surface area contributed by atoms with Crippen LogP contribution in [0.3, 0.4) is 0 Å². The Labute approximate surface area is 78.0 Å². The minimum absolute atomic E-state index is 0.267. The van der Waals surface area contributed by atoms with Gasteiger partial charge in [-0.15, -0.1) is 0 Å². The minimum Gasteiger partial charge on any atom is -0.300 e. The van der Waals surface area contributed by atoms with Crippen molar-refractivity contribution in [1.82, 2.24) is 4.72 Å². The molecule has 5 heteroatoms. The molecule has 0 fully saturated rings. The second-order valence-corrected chi connectivity index (χ2v) is 3.42. The fourth-order valence-electron chi connectivity index (χ4n) is 0.888. The first kappa shape index (κ1) is 7.89. The van der Waals surface area contributed by atoms with Gasteiger partial charge in [0.05, 0.1) is 10.6 Å². The Morgan fingerprint density at radius 1 is 1.50 bits per heavy atom. The average molecular weight is 203 g/mol. The first-order valence-corrected chi connectivity index (χ1v) is 4.42. The third-order valence-corrected chi connectivity index (χ3v) is 2.52. The van der Waals surface area contributed by atoms with E-state index >= 15 is 0 Å². The van der Waals surface area contributed by atoms with E-state index in [0.29, 0.717) is 11.0 Å². The maximum absolute atomic E-state index is 12.7. The van der Waals surface area contributed by atoms with Crippen LogP contribution >= 0.6 is 23.5 Å². The molecule has 2 nitrogen and oxygen atoms in total. The van der Waals surface area contributed by atoms with E-state index in [0.717, 1.165) is 4.90 Å².